The van der Waals surface area contributed by atoms with Crippen molar-refractivity contribution in [1.29, 1.82) is 0 Å². The van der Waals surface area contributed by atoms with Crippen LogP contribution in [0.25, 0.3) is 0 Å². The number of benzene rings is 1. The lowest BCUT2D eigenvalue weighted by Gasteiger charge is -2.42. The molecule has 0 spiro atoms. The normalized spacial score (nSPS) is 33.2. The van der Waals surface area contributed by atoms with Crippen LogP contribution in [0.4, 0.5) is 5.69 Å². The van der Waals surface area contributed by atoms with Crippen LogP contribution in [0.2, 0.25) is 0 Å². The molecule has 3 aliphatic rings. The number of hydrogen-bond donors (Lipinski definition) is 5. The van der Waals surface area contributed by atoms with Crippen molar-refractivity contribution < 1.29 is 14.4 Å². The fourth-order valence-electron chi connectivity index (χ4n) is 5.99. The van der Waals surface area contributed by atoms with Crippen molar-refractivity contribution in [2.45, 2.75) is 71.8 Å². The summed E-state index contributed by atoms with van der Waals surface area (Å²) in [7, 11) is 0. The van der Waals surface area contributed by atoms with Crippen molar-refractivity contribution in [2.75, 3.05) is 18.4 Å². The zero-order valence-electron chi connectivity index (χ0n) is 21.4. The largest absolute Gasteiger partial charge is 0.355 e. The van der Waals surface area contributed by atoms with E-state index >= 15 is 0 Å². The number of hydrogen-bond acceptors (Lipinski definition) is 6. The summed E-state index contributed by atoms with van der Waals surface area (Å²) in [6.07, 6.45) is 1.57. The number of fused-ring (bicyclic) bond motifs is 1. The summed E-state index contributed by atoms with van der Waals surface area (Å²) < 4.78 is 0. The topological polar surface area (TPSA) is 115 Å². The van der Waals surface area contributed by atoms with Gasteiger partial charge in [0.1, 0.15) is 0 Å². The highest BCUT2D eigenvalue weighted by atomic mass is 16.2. The van der Waals surface area contributed by atoms with Gasteiger partial charge in [0.15, 0.2) is 0 Å². The van der Waals surface area contributed by atoms with E-state index in [9.17, 15) is 14.4 Å². The average Bonchev–Trinajstić information content (AvgIpc) is 3.21. The standard InChI is InChI=1S/C26H40N6O3/c1-14(2)32-24-22(13-28-32)20(25(34)27-12-21-15(3)9-16(4)29-26(21)35)11-23(31-24)18-7-6-8-19(10-18)30-17(5)33/h6-8,10,14-16,20-24,28,31H,9,11-13H2,1-5H3,(H,27,34)(H,29,35)(H,30,33). The molecule has 3 saturated heterocycles. The van der Waals surface area contributed by atoms with Crippen LogP contribution < -0.4 is 26.7 Å². The molecule has 0 bridgehead atoms. The van der Waals surface area contributed by atoms with Crippen molar-refractivity contribution in [1.82, 2.24) is 26.4 Å². The summed E-state index contributed by atoms with van der Waals surface area (Å²) in [5.41, 5.74) is 5.27. The van der Waals surface area contributed by atoms with Gasteiger partial charge in [0.25, 0.3) is 0 Å². The average molecular weight is 485 g/mol. The number of nitrogens with zero attached hydrogens (tertiary/aromatic N) is 1. The van der Waals surface area contributed by atoms with Gasteiger partial charge in [0.05, 0.1) is 12.1 Å². The molecule has 5 N–H and O–H groups in total. The second-order valence-corrected chi connectivity index (χ2v) is 10.8. The molecule has 3 fully saturated rings. The molecule has 4 rings (SSSR count). The Morgan fingerprint density at radius 1 is 1.20 bits per heavy atom. The molecule has 0 saturated carbocycles. The number of nitrogens with one attached hydrogen (secondary N) is 5. The van der Waals surface area contributed by atoms with E-state index in [0.717, 1.165) is 24.2 Å². The second-order valence-electron chi connectivity index (χ2n) is 10.8. The molecule has 7 atom stereocenters. The first-order valence-corrected chi connectivity index (χ1v) is 12.9. The molecule has 192 valence electrons. The summed E-state index contributed by atoms with van der Waals surface area (Å²) >= 11 is 0. The maximum atomic E-state index is 13.6. The number of rotatable bonds is 6. The molecule has 7 unspecified atom stereocenters. The Balaban J connectivity index is 1.52. The lowest BCUT2D eigenvalue weighted by atomic mass is 9.78. The molecule has 9 nitrogen and oxygen atoms in total. The third-order valence-corrected chi connectivity index (χ3v) is 7.73. The molecule has 9 heteroatoms. The molecule has 3 amide bonds. The van der Waals surface area contributed by atoms with E-state index in [1.54, 1.807) is 0 Å². The fourth-order valence-corrected chi connectivity index (χ4v) is 5.99. The molecular formula is C26H40N6O3. The van der Waals surface area contributed by atoms with Crippen LogP contribution in [0.5, 0.6) is 0 Å². The number of anilines is 1. The minimum Gasteiger partial charge on any atom is -0.355 e. The Bertz CT molecular complexity index is 953. The van der Waals surface area contributed by atoms with Crippen molar-refractivity contribution >= 4 is 23.4 Å². The van der Waals surface area contributed by atoms with Gasteiger partial charge in [-0.3, -0.25) is 25.1 Å². The summed E-state index contributed by atoms with van der Waals surface area (Å²) in [6.45, 7) is 11.0. The van der Waals surface area contributed by atoms with Crippen LogP contribution in [0.3, 0.4) is 0 Å². The number of carbonyl (C=O) groups excluding carboxylic acids is 3. The van der Waals surface area contributed by atoms with Gasteiger partial charge in [0, 0.05) is 55.7 Å². The number of carbonyl (C=O) groups is 3. The van der Waals surface area contributed by atoms with E-state index in [2.05, 4.69) is 52.5 Å². The molecular weight excluding hydrogens is 444 g/mol. The van der Waals surface area contributed by atoms with Gasteiger partial charge in [-0.1, -0.05) is 19.1 Å². The molecule has 3 aliphatic heterocycles. The van der Waals surface area contributed by atoms with E-state index in [4.69, 9.17) is 0 Å². The first-order chi connectivity index (χ1) is 16.6. The predicted molar refractivity (Wildman–Crippen MR) is 135 cm³/mol. The summed E-state index contributed by atoms with van der Waals surface area (Å²) in [5.74, 6) is -0.133. The molecule has 1 aromatic carbocycles. The Kier molecular flexibility index (Phi) is 7.78. The number of hydrazine groups is 1. The van der Waals surface area contributed by atoms with Gasteiger partial charge >= 0.3 is 0 Å². The molecule has 3 heterocycles. The zero-order chi connectivity index (χ0) is 25.3. The highest BCUT2D eigenvalue weighted by Crippen LogP contribution is 2.38. The minimum absolute atomic E-state index is 0.00618. The van der Waals surface area contributed by atoms with Crippen molar-refractivity contribution in [3.8, 4) is 0 Å². The van der Waals surface area contributed by atoms with Gasteiger partial charge in [-0.05, 0) is 57.2 Å². The highest BCUT2D eigenvalue weighted by Gasteiger charge is 2.48. The monoisotopic (exact) mass is 484 g/mol. The smallest absolute Gasteiger partial charge is 0.225 e. The van der Waals surface area contributed by atoms with E-state index in [1.165, 1.54) is 6.92 Å². The van der Waals surface area contributed by atoms with Gasteiger partial charge < -0.3 is 16.0 Å². The van der Waals surface area contributed by atoms with E-state index in [-0.39, 0.29) is 65.7 Å². The molecule has 0 aromatic heterocycles. The lowest BCUT2D eigenvalue weighted by molar-refractivity contribution is -0.132. The fraction of sp³-hybridized carbons (Fsp3) is 0.654. The number of piperidine rings is 2. The van der Waals surface area contributed by atoms with Crippen molar-refractivity contribution in [3.05, 3.63) is 29.8 Å². The summed E-state index contributed by atoms with van der Waals surface area (Å²) in [6, 6.07) is 8.21. The molecule has 1 aromatic rings. The maximum absolute atomic E-state index is 13.6. The second kappa shape index (κ2) is 10.6. The van der Waals surface area contributed by atoms with Gasteiger partial charge in [-0.2, -0.15) is 0 Å². The van der Waals surface area contributed by atoms with Crippen LogP contribution in [0.1, 0.15) is 59.1 Å². The first-order valence-electron chi connectivity index (χ1n) is 12.9. The van der Waals surface area contributed by atoms with Gasteiger partial charge in [-0.15, -0.1) is 0 Å². The summed E-state index contributed by atoms with van der Waals surface area (Å²) in [4.78, 5) is 37.6. The first kappa shape index (κ1) is 25.6. The molecule has 35 heavy (non-hydrogen) atoms. The predicted octanol–water partition coefficient (Wildman–Crippen LogP) is 1.74. The third-order valence-electron chi connectivity index (χ3n) is 7.73. The zero-order valence-corrected chi connectivity index (χ0v) is 21.4. The van der Waals surface area contributed by atoms with Crippen LogP contribution in [0, 0.1) is 23.7 Å². The Morgan fingerprint density at radius 2 is 1.97 bits per heavy atom. The minimum atomic E-state index is -0.202. The molecule has 0 aliphatic carbocycles. The number of amides is 3. The Labute approximate surface area is 208 Å². The lowest BCUT2D eigenvalue weighted by Crippen LogP contribution is -2.58. The SMILES string of the molecule is CC(=O)Nc1cccc(C2CC(C(=O)NCC3C(=O)NC(C)CC3C)C3CNN(C(C)C)C3N2)c1. The van der Waals surface area contributed by atoms with Crippen LogP contribution >= 0.6 is 0 Å². The maximum Gasteiger partial charge on any atom is 0.225 e. The van der Waals surface area contributed by atoms with Gasteiger partial charge in [-0.25, -0.2) is 5.01 Å². The van der Waals surface area contributed by atoms with E-state index < -0.39 is 0 Å². The third kappa shape index (κ3) is 5.68. The highest BCUT2D eigenvalue weighted by molar-refractivity contribution is 5.88. The van der Waals surface area contributed by atoms with E-state index in [1.807, 2.05) is 31.2 Å². The van der Waals surface area contributed by atoms with Crippen LogP contribution in [-0.2, 0) is 14.4 Å². The summed E-state index contributed by atoms with van der Waals surface area (Å²) in [5, 5.41) is 15.0. The van der Waals surface area contributed by atoms with Gasteiger partial charge in [0.2, 0.25) is 17.7 Å². The quantitative estimate of drug-likeness (QED) is 0.420. The Morgan fingerprint density at radius 3 is 2.66 bits per heavy atom. The molecule has 0 radical (unpaired) electrons. The van der Waals surface area contributed by atoms with E-state index in [0.29, 0.717) is 13.0 Å². The van der Waals surface area contributed by atoms with Crippen LogP contribution in [-0.4, -0.2) is 54.1 Å². The van der Waals surface area contributed by atoms with Crippen molar-refractivity contribution in [3.63, 3.8) is 0 Å². The van der Waals surface area contributed by atoms with Crippen molar-refractivity contribution in [2.24, 2.45) is 23.7 Å². The Hall–Kier alpha value is -2.49. The van der Waals surface area contributed by atoms with Crippen LogP contribution in [0.15, 0.2) is 24.3 Å².